The summed E-state index contributed by atoms with van der Waals surface area (Å²) in [6.45, 7) is 0.641. The van der Waals surface area contributed by atoms with Crippen molar-refractivity contribution in [2.45, 2.75) is 31.0 Å². The lowest BCUT2D eigenvalue weighted by Gasteiger charge is -2.24. The standard InChI is InChI=1S/C10H12F2N2O4S/c1-10(3-15)6(16)5(12)8(18-10)14-2-4(11)7(19)13-9(14)17/h2,5-6,8,15-16H,3H2,1H3,(H,13,17,19)/t5-,6+,8+,10+/m0/s1. The average molecular weight is 294 g/mol. The van der Waals surface area contributed by atoms with Gasteiger partial charge in [-0.1, -0.05) is 12.2 Å². The van der Waals surface area contributed by atoms with E-state index in [1.807, 2.05) is 4.98 Å². The molecule has 2 rings (SSSR count). The number of alkyl halides is 1. The predicted molar refractivity (Wildman–Crippen MR) is 62.4 cm³/mol. The highest BCUT2D eigenvalue weighted by Gasteiger charge is 2.53. The van der Waals surface area contributed by atoms with Crippen LogP contribution in [0.1, 0.15) is 13.2 Å². The Hall–Kier alpha value is -1.16. The fourth-order valence-electron chi connectivity index (χ4n) is 1.89. The van der Waals surface area contributed by atoms with Crippen LogP contribution in [0.5, 0.6) is 0 Å². The Morgan fingerprint density at radius 1 is 1.68 bits per heavy atom. The maximum Gasteiger partial charge on any atom is 0.328 e. The fraction of sp³-hybridized carbons (Fsp3) is 0.600. The van der Waals surface area contributed by atoms with E-state index in [1.165, 1.54) is 6.92 Å². The third-order valence-electron chi connectivity index (χ3n) is 3.10. The lowest BCUT2D eigenvalue weighted by Crippen LogP contribution is -2.42. The summed E-state index contributed by atoms with van der Waals surface area (Å²) in [4.78, 5) is 13.6. The van der Waals surface area contributed by atoms with E-state index in [1.54, 1.807) is 0 Å². The van der Waals surface area contributed by atoms with Gasteiger partial charge in [0.05, 0.1) is 12.8 Å². The van der Waals surface area contributed by atoms with Crippen molar-refractivity contribution >= 4 is 12.2 Å². The molecular weight excluding hydrogens is 282 g/mol. The van der Waals surface area contributed by atoms with Crippen LogP contribution >= 0.6 is 12.2 Å². The molecule has 1 aromatic rings. The molecule has 106 valence electrons. The second-order valence-corrected chi connectivity index (χ2v) is 4.92. The summed E-state index contributed by atoms with van der Waals surface area (Å²) in [6.07, 6.45) is -4.46. The molecule has 2 heterocycles. The van der Waals surface area contributed by atoms with E-state index in [-0.39, 0.29) is 0 Å². The second-order valence-electron chi connectivity index (χ2n) is 4.51. The monoisotopic (exact) mass is 294 g/mol. The Morgan fingerprint density at radius 3 is 2.84 bits per heavy atom. The zero-order valence-electron chi connectivity index (χ0n) is 9.84. The highest BCUT2D eigenvalue weighted by Crippen LogP contribution is 2.37. The van der Waals surface area contributed by atoms with Gasteiger partial charge in [0.15, 0.2) is 18.2 Å². The van der Waals surface area contributed by atoms with Crippen LogP contribution in [-0.2, 0) is 4.74 Å². The van der Waals surface area contributed by atoms with Gasteiger partial charge in [-0.3, -0.25) is 9.55 Å². The van der Waals surface area contributed by atoms with Crippen LogP contribution in [0.15, 0.2) is 11.0 Å². The lowest BCUT2D eigenvalue weighted by atomic mass is 9.99. The number of nitrogens with zero attached hydrogens (tertiary/aromatic N) is 1. The van der Waals surface area contributed by atoms with Crippen LogP contribution in [0.4, 0.5) is 8.78 Å². The van der Waals surface area contributed by atoms with Crippen LogP contribution in [0.3, 0.4) is 0 Å². The van der Waals surface area contributed by atoms with Gasteiger partial charge in [-0.05, 0) is 6.92 Å². The largest absolute Gasteiger partial charge is 0.393 e. The first-order valence-electron chi connectivity index (χ1n) is 5.42. The summed E-state index contributed by atoms with van der Waals surface area (Å²) in [7, 11) is 0. The minimum absolute atomic E-state index is 0.403. The maximum atomic E-state index is 14.0. The van der Waals surface area contributed by atoms with Crippen molar-refractivity contribution in [3.05, 3.63) is 27.1 Å². The number of H-pyrrole nitrogens is 1. The number of halogens is 2. The highest BCUT2D eigenvalue weighted by molar-refractivity contribution is 7.71. The van der Waals surface area contributed by atoms with Crippen LogP contribution in [0.2, 0.25) is 0 Å². The number of aliphatic hydroxyl groups excluding tert-OH is 2. The number of hydrogen-bond acceptors (Lipinski definition) is 5. The van der Waals surface area contributed by atoms with Crippen molar-refractivity contribution in [3.63, 3.8) is 0 Å². The average Bonchev–Trinajstić information content (AvgIpc) is 2.59. The summed E-state index contributed by atoms with van der Waals surface area (Å²) in [5.74, 6) is -0.919. The SMILES string of the molecule is C[C@]1(CO)O[C@@H](n2cc(F)c(=S)[nH]c2=O)[C@@H](F)[C@H]1O. The molecule has 1 aliphatic rings. The summed E-state index contributed by atoms with van der Waals surface area (Å²) in [6, 6.07) is 0. The molecule has 0 aliphatic carbocycles. The number of aromatic amines is 1. The van der Waals surface area contributed by atoms with E-state index in [9.17, 15) is 18.7 Å². The molecule has 6 nitrogen and oxygen atoms in total. The number of aromatic nitrogens is 2. The topological polar surface area (TPSA) is 87.5 Å². The van der Waals surface area contributed by atoms with Crippen molar-refractivity contribution in [3.8, 4) is 0 Å². The molecule has 0 unspecified atom stereocenters. The first-order chi connectivity index (χ1) is 8.80. The summed E-state index contributed by atoms with van der Waals surface area (Å²) < 4.78 is 32.7. The Balaban J connectivity index is 2.47. The van der Waals surface area contributed by atoms with Gasteiger partial charge in [-0.25, -0.2) is 13.6 Å². The summed E-state index contributed by atoms with van der Waals surface area (Å²) >= 11 is 4.53. The van der Waals surface area contributed by atoms with Gasteiger partial charge in [-0.15, -0.1) is 0 Å². The predicted octanol–water partition coefficient (Wildman–Crippen LogP) is 0.0238. The normalized spacial score (nSPS) is 34.7. The van der Waals surface area contributed by atoms with E-state index in [0.717, 1.165) is 0 Å². The maximum absolute atomic E-state index is 14.0. The fourth-order valence-corrected chi connectivity index (χ4v) is 2.03. The van der Waals surface area contributed by atoms with Crippen molar-refractivity contribution in [2.75, 3.05) is 6.61 Å². The number of aliphatic hydroxyl groups is 2. The zero-order chi connectivity index (χ0) is 14.4. The molecule has 1 aromatic heterocycles. The number of hydrogen-bond donors (Lipinski definition) is 3. The van der Waals surface area contributed by atoms with Crippen LogP contribution < -0.4 is 5.69 Å². The molecular formula is C10H12F2N2O4S. The number of ether oxygens (including phenoxy) is 1. The first-order valence-corrected chi connectivity index (χ1v) is 5.83. The van der Waals surface area contributed by atoms with E-state index in [0.29, 0.717) is 10.8 Å². The second kappa shape index (κ2) is 4.75. The Morgan fingerprint density at radius 2 is 2.32 bits per heavy atom. The van der Waals surface area contributed by atoms with Crippen LogP contribution in [0.25, 0.3) is 0 Å². The van der Waals surface area contributed by atoms with E-state index in [4.69, 9.17) is 9.84 Å². The number of nitrogens with one attached hydrogen (secondary N) is 1. The van der Waals surface area contributed by atoms with Gasteiger partial charge in [0, 0.05) is 0 Å². The lowest BCUT2D eigenvalue weighted by molar-refractivity contribution is -0.117. The third kappa shape index (κ3) is 2.22. The molecule has 19 heavy (non-hydrogen) atoms. The Labute approximate surface area is 111 Å². The molecule has 1 aliphatic heterocycles. The highest BCUT2D eigenvalue weighted by atomic mass is 32.1. The van der Waals surface area contributed by atoms with Crippen molar-refractivity contribution in [1.82, 2.24) is 9.55 Å². The molecule has 9 heteroatoms. The van der Waals surface area contributed by atoms with Gasteiger partial charge in [0.1, 0.15) is 16.3 Å². The molecule has 0 bridgehead atoms. The zero-order valence-corrected chi connectivity index (χ0v) is 10.7. The third-order valence-corrected chi connectivity index (χ3v) is 3.40. The van der Waals surface area contributed by atoms with Gasteiger partial charge < -0.3 is 14.9 Å². The first kappa shape index (κ1) is 14.3. The van der Waals surface area contributed by atoms with E-state index < -0.39 is 46.9 Å². The van der Waals surface area contributed by atoms with Gasteiger partial charge in [-0.2, -0.15) is 0 Å². The molecule has 0 amide bonds. The summed E-state index contributed by atoms with van der Waals surface area (Å²) in [5, 5.41) is 18.8. The molecule has 0 saturated carbocycles. The Kier molecular flexibility index (Phi) is 3.56. The molecule has 0 spiro atoms. The van der Waals surface area contributed by atoms with Crippen molar-refractivity contribution in [1.29, 1.82) is 0 Å². The minimum Gasteiger partial charge on any atom is -0.393 e. The molecule has 1 saturated heterocycles. The van der Waals surface area contributed by atoms with E-state index in [2.05, 4.69) is 12.2 Å². The quantitative estimate of drug-likeness (QED) is 0.670. The van der Waals surface area contributed by atoms with Gasteiger partial charge in [0.2, 0.25) is 0 Å². The van der Waals surface area contributed by atoms with Gasteiger partial charge in [0.25, 0.3) is 0 Å². The molecule has 0 aromatic carbocycles. The summed E-state index contributed by atoms with van der Waals surface area (Å²) in [5.41, 5.74) is -2.43. The Bertz CT molecular complexity index is 604. The van der Waals surface area contributed by atoms with E-state index >= 15 is 0 Å². The molecule has 0 radical (unpaired) electrons. The van der Waals surface area contributed by atoms with Crippen LogP contribution in [-0.4, -0.2) is 44.2 Å². The number of rotatable bonds is 2. The van der Waals surface area contributed by atoms with Crippen molar-refractivity contribution in [2.24, 2.45) is 0 Å². The van der Waals surface area contributed by atoms with Crippen LogP contribution in [0, 0.1) is 10.5 Å². The minimum atomic E-state index is -1.99. The molecule has 3 N–H and O–H groups in total. The smallest absolute Gasteiger partial charge is 0.328 e. The molecule has 1 fully saturated rings. The molecule has 4 atom stereocenters. The van der Waals surface area contributed by atoms with Gasteiger partial charge >= 0.3 is 5.69 Å². The van der Waals surface area contributed by atoms with Crippen molar-refractivity contribution < 1.29 is 23.7 Å².